The van der Waals surface area contributed by atoms with Crippen LogP contribution in [0.3, 0.4) is 0 Å². The molecular formula is C12H16N2O. The van der Waals surface area contributed by atoms with Gasteiger partial charge in [-0.15, -0.1) is 0 Å². The van der Waals surface area contributed by atoms with Crippen molar-refractivity contribution in [3.63, 3.8) is 0 Å². The highest BCUT2D eigenvalue weighted by Crippen LogP contribution is 2.19. The van der Waals surface area contributed by atoms with Crippen molar-refractivity contribution < 1.29 is 4.74 Å². The lowest BCUT2D eigenvalue weighted by atomic mass is 10.2. The zero-order valence-corrected chi connectivity index (χ0v) is 9.07. The number of rotatable bonds is 2. The van der Waals surface area contributed by atoms with Crippen molar-refractivity contribution in [1.29, 1.82) is 0 Å². The number of ether oxygens (including phenoxy) is 1. The molecule has 1 aromatic rings. The molecule has 0 unspecified atom stereocenters. The second-order valence-corrected chi connectivity index (χ2v) is 3.71. The Kier molecular flexibility index (Phi) is 3.02. The quantitative estimate of drug-likeness (QED) is 0.735. The van der Waals surface area contributed by atoms with Gasteiger partial charge in [0.2, 0.25) is 0 Å². The molecule has 3 nitrogen and oxygen atoms in total. The Bertz CT molecular complexity index is 357. The van der Waals surface area contributed by atoms with E-state index in [1.54, 1.807) is 0 Å². The van der Waals surface area contributed by atoms with Crippen LogP contribution in [0.25, 0.3) is 6.08 Å². The summed E-state index contributed by atoms with van der Waals surface area (Å²) < 4.78 is 5.32. The molecule has 80 valence electrons. The van der Waals surface area contributed by atoms with Crippen LogP contribution in [0.5, 0.6) is 0 Å². The van der Waals surface area contributed by atoms with Crippen LogP contribution < -0.4 is 4.90 Å². The van der Waals surface area contributed by atoms with E-state index >= 15 is 0 Å². The van der Waals surface area contributed by atoms with Gasteiger partial charge in [-0.3, -0.25) is 0 Å². The van der Waals surface area contributed by atoms with Crippen molar-refractivity contribution in [2.75, 3.05) is 31.2 Å². The highest BCUT2D eigenvalue weighted by Gasteiger charge is 2.14. The van der Waals surface area contributed by atoms with Gasteiger partial charge in [0.15, 0.2) is 0 Å². The molecule has 1 aromatic heterocycles. The van der Waals surface area contributed by atoms with E-state index in [0.717, 1.165) is 37.7 Å². The van der Waals surface area contributed by atoms with Gasteiger partial charge in [-0.05, 0) is 24.1 Å². The lowest BCUT2D eigenvalue weighted by Crippen LogP contribution is -2.37. The average molecular weight is 204 g/mol. The molecule has 1 aliphatic heterocycles. The molecule has 0 bridgehead atoms. The summed E-state index contributed by atoms with van der Waals surface area (Å²) in [6.07, 6.45) is 3.69. The van der Waals surface area contributed by atoms with Gasteiger partial charge in [-0.2, -0.15) is 0 Å². The van der Waals surface area contributed by atoms with Crippen LogP contribution in [0, 0.1) is 6.92 Å². The SMILES string of the molecule is C=Cc1cnc(N2CCOCC2)c(C)c1. The number of nitrogens with zero attached hydrogens (tertiary/aromatic N) is 2. The number of aromatic nitrogens is 1. The fraction of sp³-hybridized carbons (Fsp3) is 0.417. The minimum absolute atomic E-state index is 0.796. The van der Waals surface area contributed by atoms with Gasteiger partial charge in [0, 0.05) is 19.3 Å². The van der Waals surface area contributed by atoms with Gasteiger partial charge >= 0.3 is 0 Å². The molecule has 0 N–H and O–H groups in total. The van der Waals surface area contributed by atoms with Crippen LogP contribution in [0.4, 0.5) is 5.82 Å². The fourth-order valence-electron chi connectivity index (χ4n) is 1.81. The second kappa shape index (κ2) is 4.45. The van der Waals surface area contributed by atoms with Gasteiger partial charge in [-0.1, -0.05) is 12.7 Å². The molecule has 1 fully saturated rings. The summed E-state index contributed by atoms with van der Waals surface area (Å²) in [7, 11) is 0. The van der Waals surface area contributed by atoms with Crippen LogP contribution in [0.2, 0.25) is 0 Å². The monoisotopic (exact) mass is 204 g/mol. The Morgan fingerprint density at radius 1 is 1.47 bits per heavy atom. The second-order valence-electron chi connectivity index (χ2n) is 3.71. The number of morpholine rings is 1. The summed E-state index contributed by atoms with van der Waals surface area (Å²) >= 11 is 0. The predicted molar refractivity (Wildman–Crippen MR) is 62.1 cm³/mol. The number of anilines is 1. The lowest BCUT2D eigenvalue weighted by Gasteiger charge is -2.29. The van der Waals surface area contributed by atoms with Crippen molar-refractivity contribution in [2.45, 2.75) is 6.92 Å². The van der Waals surface area contributed by atoms with Crippen LogP contribution in [-0.2, 0) is 4.74 Å². The van der Waals surface area contributed by atoms with E-state index in [1.165, 1.54) is 5.56 Å². The maximum atomic E-state index is 5.32. The number of hydrogen-bond donors (Lipinski definition) is 0. The molecule has 0 aromatic carbocycles. The van der Waals surface area contributed by atoms with Crippen LogP contribution >= 0.6 is 0 Å². The van der Waals surface area contributed by atoms with Gasteiger partial charge in [0.25, 0.3) is 0 Å². The molecule has 2 rings (SSSR count). The molecule has 0 amide bonds. The van der Waals surface area contributed by atoms with Gasteiger partial charge in [0.1, 0.15) is 5.82 Å². The van der Waals surface area contributed by atoms with E-state index in [1.807, 2.05) is 12.3 Å². The zero-order valence-electron chi connectivity index (χ0n) is 9.07. The minimum atomic E-state index is 0.796. The van der Waals surface area contributed by atoms with E-state index in [-0.39, 0.29) is 0 Å². The molecule has 1 aliphatic rings. The standard InChI is InChI=1S/C12H16N2O/c1-3-11-8-10(2)12(13-9-11)14-4-6-15-7-5-14/h3,8-9H,1,4-7H2,2H3. The van der Waals surface area contributed by atoms with Crippen molar-refractivity contribution in [2.24, 2.45) is 0 Å². The van der Waals surface area contributed by atoms with E-state index in [0.29, 0.717) is 0 Å². The smallest absolute Gasteiger partial charge is 0.131 e. The first kappa shape index (κ1) is 10.2. The molecule has 3 heteroatoms. The third-order valence-electron chi connectivity index (χ3n) is 2.62. The molecule has 1 saturated heterocycles. The van der Waals surface area contributed by atoms with Crippen LogP contribution in [-0.4, -0.2) is 31.3 Å². The molecular weight excluding hydrogens is 188 g/mol. The number of hydrogen-bond acceptors (Lipinski definition) is 3. The van der Waals surface area contributed by atoms with E-state index in [9.17, 15) is 0 Å². The first-order valence-electron chi connectivity index (χ1n) is 5.23. The van der Waals surface area contributed by atoms with E-state index in [2.05, 4.69) is 29.5 Å². The Hall–Kier alpha value is -1.35. The largest absolute Gasteiger partial charge is 0.378 e. The normalized spacial score (nSPS) is 16.5. The van der Waals surface area contributed by atoms with Gasteiger partial charge in [-0.25, -0.2) is 4.98 Å². The number of aryl methyl sites for hydroxylation is 1. The maximum absolute atomic E-state index is 5.32. The Labute approximate surface area is 90.4 Å². The third kappa shape index (κ3) is 2.18. The predicted octanol–water partition coefficient (Wildman–Crippen LogP) is 1.87. The summed E-state index contributed by atoms with van der Waals surface area (Å²) in [5.41, 5.74) is 2.28. The number of pyridine rings is 1. The Morgan fingerprint density at radius 2 is 2.20 bits per heavy atom. The third-order valence-corrected chi connectivity index (χ3v) is 2.62. The topological polar surface area (TPSA) is 25.4 Å². The first-order chi connectivity index (χ1) is 7.31. The first-order valence-corrected chi connectivity index (χ1v) is 5.23. The Balaban J connectivity index is 2.23. The van der Waals surface area contributed by atoms with Crippen molar-refractivity contribution >= 4 is 11.9 Å². The molecule has 0 spiro atoms. The zero-order chi connectivity index (χ0) is 10.7. The summed E-state index contributed by atoms with van der Waals surface area (Å²) in [6.45, 7) is 9.28. The van der Waals surface area contributed by atoms with E-state index in [4.69, 9.17) is 4.74 Å². The van der Waals surface area contributed by atoms with Gasteiger partial charge in [0.05, 0.1) is 13.2 Å². The summed E-state index contributed by atoms with van der Waals surface area (Å²) in [6, 6.07) is 2.12. The van der Waals surface area contributed by atoms with Gasteiger partial charge < -0.3 is 9.64 Å². The van der Waals surface area contributed by atoms with Crippen molar-refractivity contribution in [1.82, 2.24) is 4.98 Å². The molecule has 0 aliphatic carbocycles. The summed E-state index contributed by atoms with van der Waals surface area (Å²) in [4.78, 5) is 6.74. The summed E-state index contributed by atoms with van der Waals surface area (Å²) in [5.74, 6) is 1.07. The molecule has 15 heavy (non-hydrogen) atoms. The lowest BCUT2D eigenvalue weighted by molar-refractivity contribution is 0.122. The fourth-order valence-corrected chi connectivity index (χ4v) is 1.81. The highest BCUT2D eigenvalue weighted by atomic mass is 16.5. The average Bonchev–Trinajstić information content (AvgIpc) is 2.30. The van der Waals surface area contributed by atoms with Crippen molar-refractivity contribution in [3.05, 3.63) is 30.0 Å². The van der Waals surface area contributed by atoms with E-state index < -0.39 is 0 Å². The van der Waals surface area contributed by atoms with Crippen LogP contribution in [0.1, 0.15) is 11.1 Å². The minimum Gasteiger partial charge on any atom is -0.378 e. The Morgan fingerprint density at radius 3 is 2.80 bits per heavy atom. The molecule has 0 saturated carbocycles. The molecule has 0 radical (unpaired) electrons. The molecule has 0 atom stereocenters. The highest BCUT2D eigenvalue weighted by molar-refractivity contribution is 5.54. The molecule has 2 heterocycles. The summed E-state index contributed by atoms with van der Waals surface area (Å²) in [5, 5.41) is 0. The van der Waals surface area contributed by atoms with Crippen LogP contribution in [0.15, 0.2) is 18.8 Å². The van der Waals surface area contributed by atoms with Crippen molar-refractivity contribution in [3.8, 4) is 0 Å². The maximum Gasteiger partial charge on any atom is 0.131 e.